The molecule has 1 aliphatic heterocycles. The fourth-order valence-electron chi connectivity index (χ4n) is 2.49. The number of nitrogens with zero attached hydrogens (tertiary/aromatic N) is 2. The van der Waals surface area contributed by atoms with Gasteiger partial charge in [-0.2, -0.15) is 5.10 Å². The average Bonchev–Trinajstić information content (AvgIpc) is 2.86. The third kappa shape index (κ3) is 2.13. The predicted molar refractivity (Wildman–Crippen MR) is 63.4 cm³/mol. The van der Waals surface area contributed by atoms with Crippen LogP contribution in [0, 0.1) is 13.8 Å². The van der Waals surface area contributed by atoms with E-state index in [1.54, 1.807) is 0 Å². The summed E-state index contributed by atoms with van der Waals surface area (Å²) in [5.41, 5.74) is 3.67. The standard InChI is InChI=1S/C12H21N3O/c1-9-11(5-4-8-16)10(2)15(14-9)12-6-3-7-13-12/h12-13,16H,3-8H2,1-2H3. The molecule has 1 aliphatic rings. The molecule has 1 unspecified atom stereocenters. The topological polar surface area (TPSA) is 50.1 Å². The predicted octanol–water partition coefficient (Wildman–Crippen LogP) is 1.31. The van der Waals surface area contributed by atoms with Gasteiger partial charge in [0.2, 0.25) is 0 Å². The molecule has 0 saturated carbocycles. The summed E-state index contributed by atoms with van der Waals surface area (Å²) in [7, 11) is 0. The Labute approximate surface area is 96.7 Å². The van der Waals surface area contributed by atoms with E-state index in [-0.39, 0.29) is 6.61 Å². The third-order valence-electron chi connectivity index (χ3n) is 3.39. The lowest BCUT2D eigenvalue weighted by Gasteiger charge is -2.13. The van der Waals surface area contributed by atoms with Crippen molar-refractivity contribution in [3.8, 4) is 0 Å². The van der Waals surface area contributed by atoms with Gasteiger partial charge in [-0.15, -0.1) is 0 Å². The second kappa shape index (κ2) is 4.97. The Kier molecular flexibility index (Phi) is 3.61. The van der Waals surface area contributed by atoms with Crippen LogP contribution in [-0.4, -0.2) is 28.0 Å². The highest BCUT2D eigenvalue weighted by atomic mass is 16.2. The molecule has 1 atom stereocenters. The van der Waals surface area contributed by atoms with Crippen molar-refractivity contribution in [3.63, 3.8) is 0 Å². The number of aliphatic hydroxyl groups is 1. The van der Waals surface area contributed by atoms with Crippen LogP contribution in [0.3, 0.4) is 0 Å². The number of aliphatic hydroxyl groups excluding tert-OH is 1. The highest BCUT2D eigenvalue weighted by Gasteiger charge is 2.20. The summed E-state index contributed by atoms with van der Waals surface area (Å²) in [5.74, 6) is 0. The van der Waals surface area contributed by atoms with E-state index in [2.05, 4.69) is 28.9 Å². The summed E-state index contributed by atoms with van der Waals surface area (Å²) in [6, 6.07) is 0. The van der Waals surface area contributed by atoms with Crippen LogP contribution in [0.2, 0.25) is 0 Å². The van der Waals surface area contributed by atoms with E-state index in [1.807, 2.05) is 0 Å². The summed E-state index contributed by atoms with van der Waals surface area (Å²) in [6.07, 6.45) is 4.53. The maximum Gasteiger partial charge on any atom is 0.102 e. The second-order valence-electron chi connectivity index (χ2n) is 4.53. The van der Waals surface area contributed by atoms with Gasteiger partial charge in [0.05, 0.1) is 5.69 Å². The first kappa shape index (κ1) is 11.6. The lowest BCUT2D eigenvalue weighted by atomic mass is 10.1. The molecular weight excluding hydrogens is 202 g/mol. The Morgan fingerprint density at radius 1 is 1.50 bits per heavy atom. The van der Waals surface area contributed by atoms with Crippen molar-refractivity contribution in [3.05, 3.63) is 17.0 Å². The van der Waals surface area contributed by atoms with Crippen molar-refractivity contribution >= 4 is 0 Å². The van der Waals surface area contributed by atoms with Crippen LogP contribution in [0.25, 0.3) is 0 Å². The van der Waals surface area contributed by atoms with E-state index < -0.39 is 0 Å². The van der Waals surface area contributed by atoms with Crippen molar-refractivity contribution in [2.24, 2.45) is 0 Å². The zero-order valence-electron chi connectivity index (χ0n) is 10.2. The maximum absolute atomic E-state index is 8.89. The molecule has 0 aliphatic carbocycles. The average molecular weight is 223 g/mol. The number of rotatable bonds is 4. The van der Waals surface area contributed by atoms with Gasteiger partial charge >= 0.3 is 0 Å². The van der Waals surface area contributed by atoms with Crippen LogP contribution < -0.4 is 5.32 Å². The number of nitrogens with one attached hydrogen (secondary N) is 1. The van der Waals surface area contributed by atoms with Gasteiger partial charge in [0.15, 0.2) is 0 Å². The Hall–Kier alpha value is -0.870. The number of aromatic nitrogens is 2. The molecule has 1 fully saturated rings. The van der Waals surface area contributed by atoms with Crippen molar-refractivity contribution < 1.29 is 5.11 Å². The van der Waals surface area contributed by atoms with E-state index in [0.717, 1.165) is 25.1 Å². The molecule has 0 radical (unpaired) electrons. The normalized spacial score (nSPS) is 20.6. The van der Waals surface area contributed by atoms with Crippen LogP contribution in [0.15, 0.2) is 0 Å². The summed E-state index contributed by atoms with van der Waals surface area (Å²) in [5, 5.41) is 17.0. The van der Waals surface area contributed by atoms with Crippen molar-refractivity contribution in [1.29, 1.82) is 0 Å². The first-order valence-electron chi connectivity index (χ1n) is 6.13. The van der Waals surface area contributed by atoms with Crippen molar-refractivity contribution in [1.82, 2.24) is 15.1 Å². The smallest absolute Gasteiger partial charge is 0.102 e. The van der Waals surface area contributed by atoms with E-state index in [1.165, 1.54) is 24.1 Å². The van der Waals surface area contributed by atoms with Gasteiger partial charge in [-0.1, -0.05) is 0 Å². The van der Waals surface area contributed by atoms with Crippen LogP contribution >= 0.6 is 0 Å². The first-order valence-corrected chi connectivity index (χ1v) is 6.13. The minimum atomic E-state index is 0.256. The molecule has 0 amide bonds. The Morgan fingerprint density at radius 2 is 2.31 bits per heavy atom. The van der Waals surface area contributed by atoms with Crippen LogP contribution in [-0.2, 0) is 6.42 Å². The Balaban J connectivity index is 2.19. The minimum absolute atomic E-state index is 0.256. The largest absolute Gasteiger partial charge is 0.396 e. The molecule has 90 valence electrons. The summed E-state index contributed by atoms with van der Waals surface area (Å²) in [4.78, 5) is 0. The van der Waals surface area contributed by atoms with Gasteiger partial charge in [0.1, 0.15) is 6.17 Å². The zero-order chi connectivity index (χ0) is 11.5. The molecule has 1 aromatic rings. The van der Waals surface area contributed by atoms with Gasteiger partial charge in [-0.05, 0) is 51.6 Å². The lowest BCUT2D eigenvalue weighted by Crippen LogP contribution is -2.22. The number of hydrogen-bond acceptors (Lipinski definition) is 3. The van der Waals surface area contributed by atoms with E-state index in [0.29, 0.717) is 6.17 Å². The molecule has 2 N–H and O–H groups in total. The van der Waals surface area contributed by atoms with Gasteiger partial charge in [-0.3, -0.25) is 10.00 Å². The fourth-order valence-corrected chi connectivity index (χ4v) is 2.49. The van der Waals surface area contributed by atoms with Gasteiger partial charge in [0, 0.05) is 12.3 Å². The lowest BCUT2D eigenvalue weighted by molar-refractivity contribution is 0.288. The van der Waals surface area contributed by atoms with Crippen LogP contribution in [0.5, 0.6) is 0 Å². The van der Waals surface area contributed by atoms with Gasteiger partial charge < -0.3 is 5.11 Å². The molecule has 4 heteroatoms. The molecular formula is C12H21N3O. The monoisotopic (exact) mass is 223 g/mol. The molecule has 16 heavy (non-hydrogen) atoms. The maximum atomic E-state index is 8.89. The quantitative estimate of drug-likeness (QED) is 0.809. The molecule has 0 spiro atoms. The summed E-state index contributed by atoms with van der Waals surface area (Å²) in [6.45, 7) is 5.54. The van der Waals surface area contributed by atoms with Crippen molar-refractivity contribution in [2.45, 2.75) is 45.7 Å². The molecule has 4 nitrogen and oxygen atoms in total. The molecule has 2 rings (SSSR count). The molecule has 1 saturated heterocycles. The Bertz CT molecular complexity index is 353. The fraction of sp³-hybridized carbons (Fsp3) is 0.750. The third-order valence-corrected chi connectivity index (χ3v) is 3.39. The molecule has 0 aromatic carbocycles. The second-order valence-corrected chi connectivity index (χ2v) is 4.53. The summed E-state index contributed by atoms with van der Waals surface area (Å²) >= 11 is 0. The first-order chi connectivity index (χ1) is 7.74. The molecule has 0 bridgehead atoms. The highest BCUT2D eigenvalue weighted by Crippen LogP contribution is 2.22. The van der Waals surface area contributed by atoms with E-state index in [9.17, 15) is 0 Å². The van der Waals surface area contributed by atoms with E-state index >= 15 is 0 Å². The SMILES string of the molecule is Cc1nn(C2CCCN2)c(C)c1CCCO. The molecule has 1 aromatic heterocycles. The van der Waals surface area contributed by atoms with Gasteiger partial charge in [-0.25, -0.2) is 0 Å². The Morgan fingerprint density at radius 3 is 2.94 bits per heavy atom. The minimum Gasteiger partial charge on any atom is -0.396 e. The highest BCUT2D eigenvalue weighted by molar-refractivity contribution is 5.25. The molecule has 2 heterocycles. The van der Waals surface area contributed by atoms with Crippen LogP contribution in [0.4, 0.5) is 0 Å². The van der Waals surface area contributed by atoms with Gasteiger partial charge in [0.25, 0.3) is 0 Å². The van der Waals surface area contributed by atoms with Crippen molar-refractivity contribution in [2.75, 3.05) is 13.2 Å². The van der Waals surface area contributed by atoms with E-state index in [4.69, 9.17) is 5.11 Å². The number of hydrogen-bond donors (Lipinski definition) is 2. The zero-order valence-corrected chi connectivity index (χ0v) is 10.2. The van der Waals surface area contributed by atoms with Crippen LogP contribution in [0.1, 0.15) is 42.4 Å². The summed E-state index contributed by atoms with van der Waals surface area (Å²) < 4.78 is 2.12. The number of aryl methyl sites for hydroxylation is 1.